The summed E-state index contributed by atoms with van der Waals surface area (Å²) in [5.41, 5.74) is -0.651. The number of aromatic nitrogens is 3. The van der Waals surface area contributed by atoms with E-state index in [1.807, 2.05) is 27.7 Å². The summed E-state index contributed by atoms with van der Waals surface area (Å²) in [6.07, 6.45) is 0.282. The number of hydrogen-bond acceptors (Lipinski definition) is 6. The lowest BCUT2D eigenvalue weighted by Crippen LogP contribution is -2.42. The third-order valence-electron chi connectivity index (χ3n) is 5.80. The molecule has 0 bridgehead atoms. The van der Waals surface area contributed by atoms with Crippen molar-refractivity contribution in [3.8, 4) is 0 Å². The Bertz CT molecular complexity index is 952. The van der Waals surface area contributed by atoms with E-state index >= 15 is 0 Å². The van der Waals surface area contributed by atoms with Gasteiger partial charge in [-0.05, 0) is 39.8 Å². The number of alkyl halides is 1. The lowest BCUT2D eigenvalue weighted by atomic mass is 9.77. The molecule has 2 aliphatic heterocycles. The molecule has 4 rings (SSSR count). The van der Waals surface area contributed by atoms with Crippen molar-refractivity contribution in [1.82, 2.24) is 15.0 Å². The topological polar surface area (TPSA) is 78.7 Å². The number of carbonyl (C=O) groups is 1. The number of nitrogens with zero attached hydrogens (tertiary/aromatic N) is 4. The second kappa shape index (κ2) is 7.31. The number of ether oxygens (including phenoxy) is 1. The van der Waals surface area contributed by atoms with Crippen LogP contribution in [0.3, 0.4) is 0 Å². The van der Waals surface area contributed by atoms with Crippen LogP contribution in [0.15, 0.2) is 24.4 Å². The fourth-order valence-electron chi connectivity index (χ4n) is 3.47. The van der Waals surface area contributed by atoms with Crippen LogP contribution in [-0.2, 0) is 27.3 Å². The van der Waals surface area contributed by atoms with Gasteiger partial charge in [-0.25, -0.2) is 18.3 Å². The van der Waals surface area contributed by atoms with E-state index in [1.54, 1.807) is 6.07 Å². The van der Waals surface area contributed by atoms with Crippen LogP contribution in [0.1, 0.15) is 33.4 Å². The van der Waals surface area contributed by atoms with Crippen molar-refractivity contribution < 1.29 is 27.6 Å². The first-order chi connectivity index (χ1) is 14.1. The molecule has 1 amide bonds. The highest BCUT2D eigenvalue weighted by atomic mass is 19.1. The van der Waals surface area contributed by atoms with Crippen LogP contribution in [-0.4, -0.2) is 52.1 Å². The highest BCUT2D eigenvalue weighted by Crippen LogP contribution is 2.37. The standard InChI is InChI=1S/C19H23BF2N4O4/c1-18(2)19(3,4)30-20(29-18)16-14(22)6-5-7-15(16)26-11-13(28-17(26)27)10-25-9-12(8-21)23-24-25/h5-7,9,13H,8,10-11H2,1-4H3. The average molecular weight is 420 g/mol. The summed E-state index contributed by atoms with van der Waals surface area (Å²) in [5.74, 6) is -0.536. The van der Waals surface area contributed by atoms with Gasteiger partial charge in [0.2, 0.25) is 0 Å². The Hall–Kier alpha value is -2.53. The van der Waals surface area contributed by atoms with Gasteiger partial charge in [0.15, 0.2) is 0 Å². The van der Waals surface area contributed by atoms with Crippen LogP contribution in [0.2, 0.25) is 0 Å². The minimum absolute atomic E-state index is 0.147. The summed E-state index contributed by atoms with van der Waals surface area (Å²) < 4.78 is 46.4. The lowest BCUT2D eigenvalue weighted by Gasteiger charge is -2.32. The van der Waals surface area contributed by atoms with Gasteiger partial charge in [-0.15, -0.1) is 5.10 Å². The van der Waals surface area contributed by atoms with Gasteiger partial charge in [0, 0.05) is 11.2 Å². The van der Waals surface area contributed by atoms with Crippen LogP contribution < -0.4 is 10.4 Å². The third-order valence-corrected chi connectivity index (χ3v) is 5.80. The molecule has 0 N–H and O–H groups in total. The second-order valence-corrected chi connectivity index (χ2v) is 8.44. The molecule has 2 aliphatic rings. The van der Waals surface area contributed by atoms with Crippen LogP contribution in [0.4, 0.5) is 19.3 Å². The van der Waals surface area contributed by atoms with E-state index in [-0.39, 0.29) is 24.2 Å². The van der Waals surface area contributed by atoms with Gasteiger partial charge in [-0.1, -0.05) is 11.3 Å². The lowest BCUT2D eigenvalue weighted by molar-refractivity contribution is 0.00578. The van der Waals surface area contributed by atoms with Gasteiger partial charge < -0.3 is 14.0 Å². The van der Waals surface area contributed by atoms with Crippen LogP contribution in [0.5, 0.6) is 0 Å². The molecule has 1 aromatic heterocycles. The molecule has 1 unspecified atom stereocenters. The number of carbonyl (C=O) groups excluding carboxylic acids is 1. The normalized spacial score (nSPS) is 22.6. The highest BCUT2D eigenvalue weighted by molar-refractivity contribution is 6.64. The first-order valence-electron chi connectivity index (χ1n) is 9.68. The summed E-state index contributed by atoms with van der Waals surface area (Å²) >= 11 is 0. The SMILES string of the molecule is CC1(C)OB(c2c(F)cccc2N2CC(Cn3cc(CF)nn3)OC2=O)OC1(C)C. The molecular weight excluding hydrogens is 397 g/mol. The number of hydrogen-bond donors (Lipinski definition) is 0. The van der Waals surface area contributed by atoms with E-state index in [4.69, 9.17) is 14.0 Å². The molecule has 2 aromatic rings. The molecule has 30 heavy (non-hydrogen) atoms. The summed E-state index contributed by atoms with van der Waals surface area (Å²) in [6.45, 7) is 7.14. The van der Waals surface area contributed by atoms with Gasteiger partial charge in [0.05, 0.1) is 30.5 Å². The Labute approximate surface area is 173 Å². The van der Waals surface area contributed by atoms with Crippen molar-refractivity contribution in [2.24, 2.45) is 0 Å². The molecule has 0 saturated carbocycles. The summed E-state index contributed by atoms with van der Waals surface area (Å²) in [7, 11) is -0.972. The number of halogens is 2. The van der Waals surface area contributed by atoms with Gasteiger partial charge in [0.1, 0.15) is 24.3 Å². The maximum Gasteiger partial charge on any atom is 0.500 e. The van der Waals surface area contributed by atoms with Crippen LogP contribution in [0.25, 0.3) is 0 Å². The third kappa shape index (κ3) is 3.56. The summed E-state index contributed by atoms with van der Waals surface area (Å²) in [5, 5.41) is 7.50. The number of cyclic esters (lactones) is 1. The highest BCUT2D eigenvalue weighted by Gasteiger charge is 2.53. The molecule has 1 atom stereocenters. The Kier molecular flexibility index (Phi) is 5.05. The van der Waals surface area contributed by atoms with E-state index in [0.29, 0.717) is 5.69 Å². The average Bonchev–Trinajstić information content (AvgIpc) is 3.31. The minimum Gasteiger partial charge on any atom is -0.442 e. The maximum atomic E-state index is 14.9. The number of rotatable bonds is 5. The van der Waals surface area contributed by atoms with Crippen molar-refractivity contribution >= 4 is 24.4 Å². The van der Waals surface area contributed by atoms with E-state index in [0.717, 1.165) is 0 Å². The molecule has 8 nitrogen and oxygen atoms in total. The van der Waals surface area contributed by atoms with Gasteiger partial charge in [-0.2, -0.15) is 0 Å². The Morgan fingerprint density at radius 1 is 1.23 bits per heavy atom. The summed E-state index contributed by atoms with van der Waals surface area (Å²) in [6, 6.07) is 4.45. The first-order valence-corrected chi connectivity index (χ1v) is 9.68. The van der Waals surface area contributed by atoms with Crippen molar-refractivity contribution in [2.75, 3.05) is 11.4 Å². The molecule has 3 heterocycles. The van der Waals surface area contributed by atoms with Gasteiger partial charge >= 0.3 is 13.2 Å². The zero-order valence-corrected chi connectivity index (χ0v) is 17.3. The number of anilines is 1. The van der Waals surface area contributed by atoms with E-state index < -0.39 is 43.0 Å². The van der Waals surface area contributed by atoms with Crippen molar-refractivity contribution in [2.45, 2.75) is 58.2 Å². The zero-order valence-electron chi connectivity index (χ0n) is 17.3. The molecular formula is C19H23BF2N4O4. The first kappa shape index (κ1) is 20.7. The van der Waals surface area contributed by atoms with Crippen molar-refractivity contribution in [1.29, 1.82) is 0 Å². The molecule has 160 valence electrons. The Balaban J connectivity index is 1.59. The molecule has 1 aromatic carbocycles. The van der Waals surface area contributed by atoms with Crippen LogP contribution in [0, 0.1) is 5.82 Å². The predicted octanol–water partition coefficient (Wildman–Crippen LogP) is 2.21. The molecule has 11 heteroatoms. The quantitative estimate of drug-likeness (QED) is 0.691. The maximum absolute atomic E-state index is 14.9. The van der Waals surface area contributed by atoms with Crippen molar-refractivity contribution in [3.63, 3.8) is 0 Å². The molecule has 0 aliphatic carbocycles. The van der Waals surface area contributed by atoms with E-state index in [1.165, 1.54) is 27.9 Å². The molecule has 2 saturated heterocycles. The number of amides is 1. The summed E-state index contributed by atoms with van der Waals surface area (Å²) in [4.78, 5) is 13.9. The fraction of sp³-hybridized carbons (Fsp3) is 0.526. The monoisotopic (exact) mass is 420 g/mol. The zero-order chi connectivity index (χ0) is 21.7. The van der Waals surface area contributed by atoms with E-state index in [9.17, 15) is 13.6 Å². The van der Waals surface area contributed by atoms with Crippen molar-refractivity contribution in [3.05, 3.63) is 35.9 Å². The van der Waals surface area contributed by atoms with Crippen LogP contribution >= 0.6 is 0 Å². The Morgan fingerprint density at radius 2 is 1.93 bits per heavy atom. The van der Waals surface area contributed by atoms with Gasteiger partial charge in [-0.3, -0.25) is 4.90 Å². The Morgan fingerprint density at radius 3 is 2.57 bits per heavy atom. The minimum atomic E-state index is -0.972. The largest absolute Gasteiger partial charge is 0.500 e. The molecule has 2 fully saturated rings. The van der Waals surface area contributed by atoms with Gasteiger partial charge in [0.25, 0.3) is 0 Å². The molecule has 0 radical (unpaired) electrons. The predicted molar refractivity (Wildman–Crippen MR) is 105 cm³/mol. The smallest absolute Gasteiger partial charge is 0.442 e. The second-order valence-electron chi connectivity index (χ2n) is 8.44. The number of benzene rings is 1. The fourth-order valence-corrected chi connectivity index (χ4v) is 3.47. The van der Waals surface area contributed by atoms with E-state index in [2.05, 4.69) is 10.3 Å². The molecule has 0 spiro atoms.